The zero-order valence-electron chi connectivity index (χ0n) is 14.1. The average Bonchev–Trinajstić information content (AvgIpc) is 3.17. The van der Waals surface area contributed by atoms with Gasteiger partial charge in [0.1, 0.15) is 0 Å². The van der Waals surface area contributed by atoms with E-state index in [1.54, 1.807) is 6.07 Å². The van der Waals surface area contributed by atoms with Gasteiger partial charge in [0.05, 0.1) is 4.92 Å². The van der Waals surface area contributed by atoms with Gasteiger partial charge in [-0.1, -0.05) is 59.9 Å². The van der Waals surface area contributed by atoms with Crippen LogP contribution in [0.15, 0.2) is 53.5 Å². The van der Waals surface area contributed by atoms with E-state index in [2.05, 4.69) is 48.6 Å². The third-order valence-corrected chi connectivity index (χ3v) is 6.37. The monoisotopic (exact) mass is 359 g/mol. The van der Waals surface area contributed by atoms with Crippen LogP contribution in [0.2, 0.25) is 0 Å². The van der Waals surface area contributed by atoms with Crippen LogP contribution in [-0.4, -0.2) is 4.92 Å². The second-order valence-corrected chi connectivity index (χ2v) is 7.78. The van der Waals surface area contributed by atoms with Crippen molar-refractivity contribution in [1.82, 2.24) is 0 Å². The molecule has 5 rings (SSSR count). The summed E-state index contributed by atoms with van der Waals surface area (Å²) in [5.41, 5.74) is 6.43. The Bertz CT molecular complexity index is 1150. The molecule has 2 aromatic rings. The molecule has 1 atom stereocenters. The predicted octanol–water partition coefficient (Wildman–Crippen LogP) is 4.23. The summed E-state index contributed by atoms with van der Waals surface area (Å²) in [6.07, 6.45) is 16.4. The highest BCUT2D eigenvalue weighted by Gasteiger charge is 2.25. The zero-order valence-corrected chi connectivity index (χ0v) is 15.0. The molecule has 26 heavy (non-hydrogen) atoms. The van der Waals surface area contributed by atoms with E-state index >= 15 is 0 Å². The Labute approximate surface area is 155 Å². The summed E-state index contributed by atoms with van der Waals surface area (Å²) < 4.78 is 0. The first kappa shape index (κ1) is 15.5. The fourth-order valence-electron chi connectivity index (χ4n) is 4.30. The number of allylic oxidation sites excluding steroid dienone is 5. The number of rotatable bonds is 2. The van der Waals surface area contributed by atoms with E-state index in [1.807, 2.05) is 5.38 Å². The Morgan fingerprint density at radius 3 is 3.04 bits per heavy atom. The Morgan fingerprint density at radius 1 is 1.27 bits per heavy atom. The van der Waals surface area contributed by atoms with Crippen LogP contribution in [0.1, 0.15) is 35.4 Å². The molecule has 1 aromatic heterocycles. The molecule has 0 spiro atoms. The highest BCUT2D eigenvalue weighted by molar-refractivity contribution is 7.13. The molecule has 1 unspecified atom stereocenters. The van der Waals surface area contributed by atoms with Crippen molar-refractivity contribution < 1.29 is 4.92 Å². The molecule has 4 heteroatoms. The SMILES string of the molecule is O=[N+]([O-])c1cc(C2C=CC=C3CC=c4c5c(ccc4=C32)C=CCC5)cs1. The van der Waals surface area contributed by atoms with Crippen LogP contribution in [0.3, 0.4) is 0 Å². The van der Waals surface area contributed by atoms with Crippen molar-refractivity contribution in [2.75, 3.05) is 0 Å². The van der Waals surface area contributed by atoms with Crippen molar-refractivity contribution in [3.8, 4) is 0 Å². The highest BCUT2D eigenvalue weighted by atomic mass is 32.1. The van der Waals surface area contributed by atoms with E-state index in [0.717, 1.165) is 24.8 Å². The molecule has 1 heterocycles. The van der Waals surface area contributed by atoms with Crippen molar-refractivity contribution >= 4 is 34.1 Å². The molecule has 128 valence electrons. The number of hydrogen-bond acceptors (Lipinski definition) is 3. The molecule has 0 N–H and O–H groups in total. The van der Waals surface area contributed by atoms with Gasteiger partial charge in [0.15, 0.2) is 0 Å². The lowest BCUT2D eigenvalue weighted by atomic mass is 9.78. The fraction of sp³-hybridized carbons (Fsp3) is 0.182. The summed E-state index contributed by atoms with van der Waals surface area (Å²) in [7, 11) is 0. The maximum atomic E-state index is 11.1. The normalized spacial score (nSPS) is 19.9. The summed E-state index contributed by atoms with van der Waals surface area (Å²) in [6, 6.07) is 6.18. The minimum Gasteiger partial charge on any atom is -0.258 e. The van der Waals surface area contributed by atoms with Gasteiger partial charge in [-0.25, -0.2) is 0 Å². The zero-order chi connectivity index (χ0) is 17.7. The van der Waals surface area contributed by atoms with Crippen LogP contribution in [0.4, 0.5) is 5.00 Å². The molecular formula is C22H17NO2S. The minimum absolute atomic E-state index is 0.0876. The first-order valence-electron chi connectivity index (χ1n) is 8.86. The van der Waals surface area contributed by atoms with Crippen LogP contribution in [0.5, 0.6) is 0 Å². The van der Waals surface area contributed by atoms with Gasteiger partial charge in [0.2, 0.25) is 0 Å². The summed E-state index contributed by atoms with van der Waals surface area (Å²) in [5, 5.41) is 15.9. The number of hydrogen-bond donors (Lipinski definition) is 0. The van der Waals surface area contributed by atoms with E-state index in [9.17, 15) is 10.1 Å². The van der Waals surface area contributed by atoms with Crippen LogP contribution < -0.4 is 10.4 Å². The van der Waals surface area contributed by atoms with Gasteiger partial charge in [-0.2, -0.15) is 0 Å². The van der Waals surface area contributed by atoms with E-state index in [-0.39, 0.29) is 15.8 Å². The summed E-state index contributed by atoms with van der Waals surface area (Å²) >= 11 is 1.21. The lowest BCUT2D eigenvalue weighted by Crippen LogP contribution is -2.36. The Morgan fingerprint density at radius 2 is 2.19 bits per heavy atom. The van der Waals surface area contributed by atoms with Gasteiger partial charge in [-0.05, 0) is 57.5 Å². The number of nitrogens with zero attached hydrogens (tertiary/aromatic N) is 1. The third kappa shape index (κ3) is 2.33. The topological polar surface area (TPSA) is 43.1 Å². The smallest absolute Gasteiger partial charge is 0.258 e. The standard InChI is InChI=1S/C22H17NO2S/c24-23(25)21-12-16(13-26-21)18-7-3-5-15-9-10-19-17-6-2-1-4-14(17)8-11-20(19)22(15)18/h1,3-5,7-8,10-13,18H,2,6,9H2. The molecule has 0 fully saturated rings. The molecular weight excluding hydrogens is 342 g/mol. The predicted molar refractivity (Wildman–Crippen MR) is 106 cm³/mol. The Kier molecular flexibility index (Phi) is 3.54. The largest absolute Gasteiger partial charge is 0.324 e. The van der Waals surface area contributed by atoms with Gasteiger partial charge in [0, 0.05) is 17.4 Å². The van der Waals surface area contributed by atoms with Crippen molar-refractivity contribution in [2.45, 2.75) is 25.2 Å². The maximum Gasteiger partial charge on any atom is 0.324 e. The van der Waals surface area contributed by atoms with Gasteiger partial charge < -0.3 is 0 Å². The van der Waals surface area contributed by atoms with E-state index in [1.165, 1.54) is 44.0 Å². The van der Waals surface area contributed by atoms with Crippen LogP contribution in [0.25, 0.3) is 17.7 Å². The van der Waals surface area contributed by atoms with Gasteiger partial charge >= 0.3 is 5.00 Å². The van der Waals surface area contributed by atoms with Gasteiger partial charge in [0.25, 0.3) is 0 Å². The lowest BCUT2D eigenvalue weighted by Gasteiger charge is -2.26. The second-order valence-electron chi connectivity index (χ2n) is 6.89. The number of thiophene rings is 1. The molecule has 1 aromatic carbocycles. The second kappa shape index (κ2) is 5.92. The van der Waals surface area contributed by atoms with Crippen molar-refractivity contribution in [2.24, 2.45) is 0 Å². The van der Waals surface area contributed by atoms with Crippen LogP contribution in [-0.2, 0) is 6.42 Å². The van der Waals surface area contributed by atoms with Gasteiger partial charge in [-0.15, -0.1) is 0 Å². The van der Waals surface area contributed by atoms with Crippen molar-refractivity contribution in [3.63, 3.8) is 0 Å². The van der Waals surface area contributed by atoms with Crippen molar-refractivity contribution in [1.29, 1.82) is 0 Å². The summed E-state index contributed by atoms with van der Waals surface area (Å²) in [6.45, 7) is 0. The minimum atomic E-state index is -0.298. The molecule has 3 aliphatic carbocycles. The molecule has 3 nitrogen and oxygen atoms in total. The number of fused-ring (bicyclic) bond motifs is 4. The van der Waals surface area contributed by atoms with E-state index < -0.39 is 0 Å². The average molecular weight is 359 g/mol. The van der Waals surface area contributed by atoms with Crippen molar-refractivity contribution in [3.05, 3.63) is 90.7 Å². The molecule has 0 radical (unpaired) electrons. The van der Waals surface area contributed by atoms with E-state index in [0.29, 0.717) is 0 Å². The Hall–Kier alpha value is -2.72. The molecule has 0 aliphatic heterocycles. The van der Waals surface area contributed by atoms with Crippen LogP contribution in [0, 0.1) is 10.1 Å². The fourth-order valence-corrected chi connectivity index (χ4v) is 5.06. The molecule has 3 aliphatic rings. The third-order valence-electron chi connectivity index (χ3n) is 5.47. The molecule has 0 amide bonds. The maximum absolute atomic E-state index is 11.1. The quantitative estimate of drug-likeness (QED) is 0.595. The summed E-state index contributed by atoms with van der Waals surface area (Å²) in [5.74, 6) is 0.0876. The molecule has 0 bridgehead atoms. The number of benzene rings is 1. The lowest BCUT2D eigenvalue weighted by molar-refractivity contribution is -0.380. The molecule has 0 saturated carbocycles. The number of nitro groups is 1. The first-order valence-corrected chi connectivity index (χ1v) is 9.74. The summed E-state index contributed by atoms with van der Waals surface area (Å²) in [4.78, 5) is 10.8. The Balaban J connectivity index is 1.75. The highest BCUT2D eigenvalue weighted by Crippen LogP contribution is 2.40. The van der Waals surface area contributed by atoms with Gasteiger partial charge in [-0.3, -0.25) is 10.1 Å². The first-order chi connectivity index (χ1) is 12.7. The van der Waals surface area contributed by atoms with E-state index in [4.69, 9.17) is 0 Å². The van der Waals surface area contributed by atoms with Crippen LogP contribution >= 0.6 is 11.3 Å². The molecule has 0 saturated heterocycles.